The lowest BCUT2D eigenvalue weighted by molar-refractivity contribution is -0.862. The highest BCUT2D eigenvalue weighted by atomic mass is 19.2. The number of amides is 2. The molecule has 1 unspecified atom stereocenters. The quantitative estimate of drug-likeness (QED) is 0.730. The lowest BCUT2D eigenvalue weighted by Gasteiger charge is -2.16. The van der Waals surface area contributed by atoms with E-state index in [0.29, 0.717) is 4.90 Å². The van der Waals surface area contributed by atoms with E-state index in [1.165, 1.54) is 4.90 Å². The van der Waals surface area contributed by atoms with Crippen LogP contribution in [-0.2, 0) is 9.59 Å². The van der Waals surface area contributed by atoms with Crippen LogP contribution in [0.2, 0.25) is 0 Å². The van der Waals surface area contributed by atoms with Crippen LogP contribution in [0.1, 0.15) is 0 Å². The molecule has 0 aliphatic heterocycles. The van der Waals surface area contributed by atoms with Crippen LogP contribution < -0.4 is 10.2 Å². The molecule has 0 bridgehead atoms. The van der Waals surface area contributed by atoms with Gasteiger partial charge in [-0.15, -0.1) is 0 Å². The first-order valence-corrected chi connectivity index (χ1v) is 6.17. The van der Waals surface area contributed by atoms with Crippen LogP contribution >= 0.6 is 0 Å². The summed E-state index contributed by atoms with van der Waals surface area (Å²) >= 11 is 0. The fraction of sp³-hybridized carbons (Fsp3) is 0.385. The highest BCUT2D eigenvalue weighted by Gasteiger charge is 2.18. The standard InChI is InChI=1S/C13H16F3N3O2/c1-18(2)11(21)7-19(3)6-10(20)17-9-5-4-8(14)12(15)13(9)16/h4-5H,6-7H2,1-3H3,(H,17,20)/p+1. The number of hydrogen-bond donors (Lipinski definition) is 2. The largest absolute Gasteiger partial charge is 0.344 e. The van der Waals surface area contributed by atoms with Crippen molar-refractivity contribution in [3.8, 4) is 0 Å². The van der Waals surface area contributed by atoms with E-state index in [9.17, 15) is 22.8 Å². The smallest absolute Gasteiger partial charge is 0.279 e. The topological polar surface area (TPSA) is 53.9 Å². The molecule has 0 spiro atoms. The van der Waals surface area contributed by atoms with Crippen molar-refractivity contribution in [3.05, 3.63) is 29.6 Å². The zero-order valence-electron chi connectivity index (χ0n) is 12.0. The van der Waals surface area contributed by atoms with E-state index in [4.69, 9.17) is 0 Å². The molecule has 1 aromatic carbocycles. The van der Waals surface area contributed by atoms with E-state index < -0.39 is 29.0 Å². The van der Waals surface area contributed by atoms with Gasteiger partial charge in [-0.2, -0.15) is 0 Å². The maximum atomic E-state index is 13.4. The molecule has 116 valence electrons. The van der Waals surface area contributed by atoms with Crippen molar-refractivity contribution in [1.82, 2.24) is 4.90 Å². The first kappa shape index (κ1) is 17.0. The van der Waals surface area contributed by atoms with Gasteiger partial charge in [0.25, 0.3) is 11.8 Å². The van der Waals surface area contributed by atoms with Crippen molar-refractivity contribution in [2.24, 2.45) is 0 Å². The number of benzene rings is 1. The number of hydrogen-bond acceptors (Lipinski definition) is 2. The van der Waals surface area contributed by atoms with E-state index in [-0.39, 0.29) is 19.0 Å². The molecule has 1 atom stereocenters. The van der Waals surface area contributed by atoms with Crippen LogP contribution in [0.5, 0.6) is 0 Å². The Bertz CT molecular complexity index is 550. The van der Waals surface area contributed by atoms with Gasteiger partial charge in [-0.05, 0) is 12.1 Å². The van der Waals surface area contributed by atoms with Crippen LogP contribution in [-0.4, -0.2) is 50.9 Å². The third-order valence-electron chi connectivity index (χ3n) is 2.72. The Morgan fingerprint density at radius 1 is 1.14 bits per heavy atom. The minimum atomic E-state index is -1.64. The maximum absolute atomic E-state index is 13.4. The van der Waals surface area contributed by atoms with Gasteiger partial charge in [-0.1, -0.05) is 0 Å². The fourth-order valence-corrected chi connectivity index (χ4v) is 1.57. The van der Waals surface area contributed by atoms with E-state index >= 15 is 0 Å². The second-order valence-corrected chi connectivity index (χ2v) is 4.87. The summed E-state index contributed by atoms with van der Waals surface area (Å²) in [5, 5.41) is 2.15. The average molecular weight is 304 g/mol. The third-order valence-corrected chi connectivity index (χ3v) is 2.72. The number of likely N-dealkylation sites (N-methyl/N-ethyl adjacent to an activating group) is 2. The van der Waals surface area contributed by atoms with Crippen LogP contribution in [0.3, 0.4) is 0 Å². The first-order chi connectivity index (χ1) is 9.72. The van der Waals surface area contributed by atoms with Gasteiger partial charge in [0, 0.05) is 14.1 Å². The second-order valence-electron chi connectivity index (χ2n) is 4.87. The van der Waals surface area contributed by atoms with Crippen molar-refractivity contribution in [2.45, 2.75) is 0 Å². The minimum Gasteiger partial charge on any atom is -0.344 e. The molecule has 0 fully saturated rings. The molecule has 0 heterocycles. The van der Waals surface area contributed by atoms with Crippen molar-refractivity contribution >= 4 is 17.5 Å². The average Bonchev–Trinajstić information content (AvgIpc) is 2.39. The number of halogens is 3. The Kier molecular flexibility index (Phi) is 5.71. The van der Waals surface area contributed by atoms with Crippen LogP contribution in [0.25, 0.3) is 0 Å². The summed E-state index contributed by atoms with van der Waals surface area (Å²) in [6.07, 6.45) is 0. The Morgan fingerprint density at radius 3 is 2.33 bits per heavy atom. The number of nitrogens with one attached hydrogen (secondary N) is 2. The molecule has 21 heavy (non-hydrogen) atoms. The van der Waals surface area contributed by atoms with Crippen LogP contribution in [0.15, 0.2) is 12.1 Å². The molecule has 0 saturated carbocycles. The monoisotopic (exact) mass is 304 g/mol. The fourth-order valence-electron chi connectivity index (χ4n) is 1.57. The predicted molar refractivity (Wildman–Crippen MR) is 70.3 cm³/mol. The molecule has 8 heteroatoms. The Labute approximate surface area is 120 Å². The van der Waals surface area contributed by atoms with E-state index in [1.54, 1.807) is 21.1 Å². The highest BCUT2D eigenvalue weighted by molar-refractivity contribution is 5.91. The minimum absolute atomic E-state index is 0.0840. The SMILES string of the molecule is CN(C)C(=O)C[NH+](C)CC(=O)Nc1ccc(F)c(F)c1F. The lowest BCUT2D eigenvalue weighted by atomic mass is 10.2. The van der Waals surface area contributed by atoms with Gasteiger partial charge >= 0.3 is 0 Å². The second kappa shape index (κ2) is 7.07. The number of nitrogens with zero attached hydrogens (tertiary/aromatic N) is 1. The van der Waals surface area contributed by atoms with Gasteiger partial charge < -0.3 is 15.1 Å². The number of carbonyl (C=O) groups excluding carboxylic acids is 2. The van der Waals surface area contributed by atoms with E-state index in [2.05, 4.69) is 5.32 Å². The maximum Gasteiger partial charge on any atom is 0.279 e. The lowest BCUT2D eigenvalue weighted by Crippen LogP contribution is -3.11. The number of rotatable bonds is 5. The van der Waals surface area contributed by atoms with Crippen molar-refractivity contribution in [3.63, 3.8) is 0 Å². The number of carbonyl (C=O) groups is 2. The molecule has 2 amide bonds. The van der Waals surface area contributed by atoms with Crippen molar-refractivity contribution < 1.29 is 27.7 Å². The first-order valence-electron chi connectivity index (χ1n) is 6.17. The number of anilines is 1. The molecular formula is C13H17F3N3O2+. The zero-order chi connectivity index (χ0) is 16.2. The normalized spacial score (nSPS) is 11.9. The predicted octanol–water partition coefficient (Wildman–Crippen LogP) is -0.355. The molecule has 2 N–H and O–H groups in total. The molecule has 5 nitrogen and oxygen atoms in total. The molecule has 0 aliphatic rings. The van der Waals surface area contributed by atoms with Crippen molar-refractivity contribution in [2.75, 3.05) is 39.5 Å². The number of quaternary nitrogens is 1. The third kappa shape index (κ3) is 4.75. The summed E-state index contributed by atoms with van der Waals surface area (Å²) < 4.78 is 39.1. The molecule has 0 aromatic heterocycles. The summed E-state index contributed by atoms with van der Waals surface area (Å²) in [7, 11) is 4.79. The summed E-state index contributed by atoms with van der Waals surface area (Å²) in [5.74, 6) is -5.20. The Balaban J connectivity index is 2.62. The van der Waals surface area contributed by atoms with Gasteiger partial charge in [0.15, 0.2) is 30.5 Å². The van der Waals surface area contributed by atoms with E-state index in [1.807, 2.05) is 0 Å². The zero-order valence-corrected chi connectivity index (χ0v) is 12.0. The Morgan fingerprint density at radius 2 is 1.76 bits per heavy atom. The highest BCUT2D eigenvalue weighted by Crippen LogP contribution is 2.19. The van der Waals surface area contributed by atoms with Gasteiger partial charge in [-0.3, -0.25) is 9.59 Å². The molecule has 1 aromatic rings. The van der Waals surface area contributed by atoms with Crippen molar-refractivity contribution in [1.29, 1.82) is 0 Å². The Hall–Kier alpha value is -2.09. The van der Waals surface area contributed by atoms with Gasteiger partial charge in [-0.25, -0.2) is 13.2 Å². The van der Waals surface area contributed by atoms with Gasteiger partial charge in [0.05, 0.1) is 12.7 Å². The van der Waals surface area contributed by atoms with Gasteiger partial charge in [0.2, 0.25) is 0 Å². The molecule has 0 saturated heterocycles. The van der Waals surface area contributed by atoms with E-state index in [0.717, 1.165) is 12.1 Å². The molecule has 1 rings (SSSR count). The summed E-state index contributed by atoms with van der Waals surface area (Å²) in [6, 6.07) is 1.66. The molecular weight excluding hydrogens is 287 g/mol. The summed E-state index contributed by atoms with van der Waals surface area (Å²) in [4.78, 5) is 25.1. The summed E-state index contributed by atoms with van der Waals surface area (Å²) in [5.41, 5.74) is -0.439. The summed E-state index contributed by atoms with van der Waals surface area (Å²) in [6.45, 7) is -0.0291. The van der Waals surface area contributed by atoms with Crippen LogP contribution in [0.4, 0.5) is 18.9 Å². The molecule has 0 radical (unpaired) electrons. The van der Waals surface area contributed by atoms with Crippen LogP contribution in [0, 0.1) is 17.5 Å². The molecule has 0 aliphatic carbocycles. The van der Waals surface area contributed by atoms with Gasteiger partial charge in [0.1, 0.15) is 0 Å².